The Morgan fingerprint density at radius 2 is 1.83 bits per heavy atom. The van der Waals surface area contributed by atoms with Gasteiger partial charge in [0.05, 0.1) is 17.6 Å². The predicted octanol–water partition coefficient (Wildman–Crippen LogP) is 6.67. The van der Waals surface area contributed by atoms with Crippen LogP contribution < -0.4 is 10.1 Å². The summed E-state index contributed by atoms with van der Waals surface area (Å²) in [6, 6.07) is 19.2. The number of ether oxygens (including phenoxy) is 2. The molecule has 5 rings (SSSR count). The number of hydrogen-bond donors (Lipinski definition) is 1. The summed E-state index contributed by atoms with van der Waals surface area (Å²) >= 11 is 3.49. The van der Waals surface area contributed by atoms with Gasteiger partial charge >= 0.3 is 5.97 Å². The number of nitrogens with one attached hydrogen (secondary N) is 1. The first-order valence-corrected chi connectivity index (χ1v) is 15.5. The second-order valence-electron chi connectivity index (χ2n) is 9.69. The van der Waals surface area contributed by atoms with E-state index in [9.17, 15) is 13.2 Å². The summed E-state index contributed by atoms with van der Waals surface area (Å²) in [6.45, 7) is 6.18. The highest BCUT2D eigenvalue weighted by Crippen LogP contribution is 2.36. The van der Waals surface area contributed by atoms with Crippen molar-refractivity contribution in [2.45, 2.75) is 38.3 Å². The maximum atomic E-state index is 13.7. The summed E-state index contributed by atoms with van der Waals surface area (Å²) in [5.41, 5.74) is 2.87. The molecule has 0 aliphatic carbocycles. The van der Waals surface area contributed by atoms with Crippen molar-refractivity contribution >= 4 is 48.8 Å². The number of benzene rings is 2. The first-order valence-electron chi connectivity index (χ1n) is 13.3. The lowest BCUT2D eigenvalue weighted by Crippen LogP contribution is -2.12. The van der Waals surface area contributed by atoms with Gasteiger partial charge in [0.2, 0.25) is 0 Å². The van der Waals surface area contributed by atoms with Gasteiger partial charge in [-0.2, -0.15) is 0 Å². The number of aromatic nitrogens is 3. The van der Waals surface area contributed by atoms with Gasteiger partial charge in [0, 0.05) is 40.6 Å². The number of pyridine rings is 2. The van der Waals surface area contributed by atoms with Crippen molar-refractivity contribution in [3.8, 4) is 16.9 Å². The molecular formula is C31H29BrN4O5S. The number of nitrogens with zero attached hydrogens (tertiary/aromatic N) is 3. The number of esters is 1. The van der Waals surface area contributed by atoms with Crippen LogP contribution in [0.3, 0.4) is 0 Å². The number of anilines is 1. The molecule has 5 aromatic rings. The Balaban J connectivity index is 1.60. The molecule has 2 aromatic carbocycles. The summed E-state index contributed by atoms with van der Waals surface area (Å²) in [7, 11) is -3.93. The lowest BCUT2D eigenvalue weighted by atomic mass is 10.0. The van der Waals surface area contributed by atoms with E-state index >= 15 is 0 Å². The fraction of sp³-hybridized carbons (Fsp3) is 0.194. The molecule has 42 heavy (non-hydrogen) atoms. The third-order valence-electron chi connectivity index (χ3n) is 6.29. The highest BCUT2D eigenvalue weighted by atomic mass is 79.9. The summed E-state index contributed by atoms with van der Waals surface area (Å²) in [5, 5.41) is 3.89. The van der Waals surface area contributed by atoms with Gasteiger partial charge < -0.3 is 14.8 Å². The summed E-state index contributed by atoms with van der Waals surface area (Å²) in [5.74, 6) is 0.545. The minimum atomic E-state index is -3.93. The van der Waals surface area contributed by atoms with Gasteiger partial charge in [-0.15, -0.1) is 0 Å². The van der Waals surface area contributed by atoms with Gasteiger partial charge in [0.15, 0.2) is 5.65 Å². The normalized spacial score (nSPS) is 11.5. The third-order valence-corrected chi connectivity index (χ3v) is 8.39. The number of carbonyl (C=O) groups excluding carboxylic acids is 1. The molecule has 216 valence electrons. The summed E-state index contributed by atoms with van der Waals surface area (Å²) in [4.78, 5) is 21.4. The van der Waals surface area contributed by atoms with Gasteiger partial charge in [-0.1, -0.05) is 18.2 Å². The van der Waals surface area contributed by atoms with Crippen LogP contribution in [0.25, 0.3) is 22.2 Å². The number of hydrogen-bond acceptors (Lipinski definition) is 8. The van der Waals surface area contributed by atoms with E-state index in [4.69, 9.17) is 9.47 Å². The molecule has 0 saturated carbocycles. The van der Waals surface area contributed by atoms with Crippen molar-refractivity contribution < 1.29 is 22.7 Å². The van der Waals surface area contributed by atoms with E-state index in [2.05, 4.69) is 31.2 Å². The molecule has 0 amide bonds. The molecule has 3 heterocycles. The highest BCUT2D eigenvalue weighted by Gasteiger charge is 2.23. The number of carbonyl (C=O) groups is 1. The van der Waals surface area contributed by atoms with Crippen LogP contribution in [0.15, 0.2) is 94.7 Å². The Bertz CT molecular complexity index is 1860. The molecule has 0 saturated heterocycles. The predicted molar refractivity (Wildman–Crippen MR) is 165 cm³/mol. The first-order chi connectivity index (χ1) is 20.2. The molecule has 0 spiro atoms. The van der Waals surface area contributed by atoms with E-state index in [1.165, 1.54) is 3.97 Å². The van der Waals surface area contributed by atoms with Crippen LogP contribution in [0.5, 0.6) is 5.75 Å². The van der Waals surface area contributed by atoms with E-state index in [1.54, 1.807) is 68.0 Å². The number of fused-ring (bicyclic) bond motifs is 1. The molecule has 11 heteroatoms. The Hall–Kier alpha value is -4.22. The number of rotatable bonds is 10. The van der Waals surface area contributed by atoms with Crippen LogP contribution in [0, 0.1) is 0 Å². The second kappa shape index (κ2) is 12.3. The summed E-state index contributed by atoms with van der Waals surface area (Å²) in [6.07, 6.45) is 4.67. The Kier molecular flexibility index (Phi) is 8.60. The van der Waals surface area contributed by atoms with E-state index < -0.39 is 16.0 Å². The summed E-state index contributed by atoms with van der Waals surface area (Å²) < 4.78 is 40.5. The van der Waals surface area contributed by atoms with Crippen molar-refractivity contribution in [1.29, 1.82) is 0 Å². The van der Waals surface area contributed by atoms with Gasteiger partial charge in [-0.05, 0) is 96.4 Å². The van der Waals surface area contributed by atoms with Crippen LogP contribution >= 0.6 is 15.9 Å². The monoisotopic (exact) mass is 648 g/mol. The SMILES string of the molecule is CCOC(=O)c1cccnc1NCc1cc(OC(C)C)cc(-c2cn(S(=O)(=O)c3ccccc3)c3ncc(Br)cc23)c1. The zero-order chi connectivity index (χ0) is 29.9. The number of halogens is 1. The molecule has 0 atom stereocenters. The highest BCUT2D eigenvalue weighted by molar-refractivity contribution is 9.10. The Labute approximate surface area is 252 Å². The smallest absolute Gasteiger partial charge is 0.341 e. The maximum absolute atomic E-state index is 13.7. The molecule has 0 bridgehead atoms. The van der Waals surface area contributed by atoms with E-state index in [1.807, 2.05) is 38.1 Å². The largest absolute Gasteiger partial charge is 0.491 e. The second-order valence-corrected chi connectivity index (χ2v) is 12.4. The van der Waals surface area contributed by atoms with Crippen LogP contribution in [0.2, 0.25) is 0 Å². The minimum absolute atomic E-state index is 0.0946. The van der Waals surface area contributed by atoms with Crippen molar-refractivity contribution in [3.63, 3.8) is 0 Å². The first kappa shape index (κ1) is 29.3. The lowest BCUT2D eigenvalue weighted by Gasteiger charge is -2.15. The fourth-order valence-corrected chi connectivity index (χ4v) is 6.21. The van der Waals surface area contributed by atoms with Crippen molar-refractivity contribution in [2.24, 2.45) is 0 Å². The molecule has 9 nitrogen and oxygen atoms in total. The molecule has 0 aliphatic heterocycles. The Morgan fingerprint density at radius 3 is 2.57 bits per heavy atom. The van der Waals surface area contributed by atoms with Crippen LogP contribution in [0.1, 0.15) is 36.7 Å². The quantitative estimate of drug-likeness (QED) is 0.167. The Morgan fingerprint density at radius 1 is 1.05 bits per heavy atom. The molecular weight excluding hydrogens is 620 g/mol. The molecule has 0 fully saturated rings. The van der Waals surface area contributed by atoms with E-state index in [0.29, 0.717) is 44.7 Å². The van der Waals surface area contributed by atoms with Gasteiger partial charge in [0.25, 0.3) is 10.0 Å². The lowest BCUT2D eigenvalue weighted by molar-refractivity contribution is 0.0527. The van der Waals surface area contributed by atoms with Crippen molar-refractivity contribution in [2.75, 3.05) is 11.9 Å². The van der Waals surface area contributed by atoms with Crippen molar-refractivity contribution in [1.82, 2.24) is 13.9 Å². The van der Waals surface area contributed by atoms with Gasteiger partial charge in [-0.25, -0.2) is 27.2 Å². The van der Waals surface area contributed by atoms with E-state index in [0.717, 1.165) is 11.1 Å². The topological polar surface area (TPSA) is 112 Å². The standard InChI is InChI=1S/C31H29BrN4O5S/c1-4-40-31(37)26-11-8-12-33-29(26)34-17-21-13-22(15-24(14-21)41-20(2)3)28-19-36(30-27(28)16-23(32)18-35-30)42(38,39)25-9-6-5-7-10-25/h5-16,18-20H,4,17H2,1-3H3,(H,33,34). The van der Waals surface area contributed by atoms with Crippen molar-refractivity contribution in [3.05, 3.63) is 101 Å². The minimum Gasteiger partial charge on any atom is -0.491 e. The zero-order valence-electron chi connectivity index (χ0n) is 23.2. The van der Waals surface area contributed by atoms with Crippen LogP contribution in [0.4, 0.5) is 5.82 Å². The fourth-order valence-electron chi connectivity index (χ4n) is 4.54. The third kappa shape index (κ3) is 6.17. The van der Waals surface area contributed by atoms with Crippen LogP contribution in [-0.4, -0.2) is 41.0 Å². The van der Waals surface area contributed by atoms with Crippen LogP contribution in [-0.2, 0) is 21.3 Å². The van der Waals surface area contributed by atoms with E-state index in [-0.39, 0.29) is 17.6 Å². The zero-order valence-corrected chi connectivity index (χ0v) is 25.6. The molecule has 1 N–H and O–H groups in total. The average Bonchev–Trinajstić information content (AvgIpc) is 3.36. The maximum Gasteiger partial charge on any atom is 0.341 e. The molecule has 0 radical (unpaired) electrons. The average molecular weight is 650 g/mol. The van der Waals surface area contributed by atoms with Gasteiger partial charge in [-0.3, -0.25) is 0 Å². The van der Waals surface area contributed by atoms with Gasteiger partial charge in [0.1, 0.15) is 17.1 Å². The molecule has 0 unspecified atom stereocenters. The molecule has 0 aliphatic rings. The molecule has 3 aromatic heterocycles.